The summed E-state index contributed by atoms with van der Waals surface area (Å²) < 4.78 is 42.9. The fraction of sp³-hybridized carbons (Fsp3) is 0.417. The van der Waals surface area contributed by atoms with Gasteiger partial charge < -0.3 is 9.84 Å². The molecule has 0 saturated carbocycles. The van der Waals surface area contributed by atoms with E-state index in [4.69, 9.17) is 21.4 Å². The van der Waals surface area contributed by atoms with Crippen molar-refractivity contribution in [3.05, 3.63) is 28.5 Å². The van der Waals surface area contributed by atoms with E-state index in [9.17, 15) is 17.6 Å². The minimum Gasteiger partial charge on any atom is -0.478 e. The summed E-state index contributed by atoms with van der Waals surface area (Å²) in [5, 5.41) is 8.65. The molecular formula is C12H14ClFO5S. The largest absolute Gasteiger partial charge is 0.478 e. The Hall–Kier alpha value is -1.18. The Kier molecular flexibility index (Phi) is 5.91. The van der Waals surface area contributed by atoms with Crippen molar-refractivity contribution in [1.82, 2.24) is 0 Å². The Morgan fingerprint density at radius 3 is 2.60 bits per heavy atom. The van der Waals surface area contributed by atoms with Crippen LogP contribution < -0.4 is 0 Å². The van der Waals surface area contributed by atoms with E-state index in [-0.39, 0.29) is 11.6 Å². The number of hydrogen-bond acceptors (Lipinski definition) is 4. The van der Waals surface area contributed by atoms with Crippen LogP contribution in [0, 0.1) is 5.82 Å². The molecule has 0 fully saturated rings. The Morgan fingerprint density at radius 2 is 2.05 bits per heavy atom. The van der Waals surface area contributed by atoms with Crippen molar-refractivity contribution in [1.29, 1.82) is 0 Å². The summed E-state index contributed by atoms with van der Waals surface area (Å²) >= 11 is 5.63. The zero-order valence-electron chi connectivity index (χ0n) is 10.7. The molecule has 1 aromatic rings. The van der Waals surface area contributed by atoms with Crippen molar-refractivity contribution < 1.29 is 27.4 Å². The van der Waals surface area contributed by atoms with Crippen LogP contribution in [0.15, 0.2) is 17.0 Å². The van der Waals surface area contributed by atoms with Gasteiger partial charge in [0.2, 0.25) is 0 Å². The van der Waals surface area contributed by atoms with Gasteiger partial charge in [-0.15, -0.1) is 0 Å². The average Bonchev–Trinajstić information content (AvgIpc) is 2.36. The first kappa shape index (κ1) is 16.9. The molecule has 112 valence electrons. The third kappa shape index (κ3) is 4.16. The number of aromatic carboxylic acids is 1. The molecular weight excluding hydrogens is 311 g/mol. The molecule has 0 saturated heterocycles. The number of benzene rings is 1. The molecule has 5 nitrogen and oxygen atoms in total. The van der Waals surface area contributed by atoms with Crippen LogP contribution in [0.5, 0.6) is 0 Å². The lowest BCUT2D eigenvalue weighted by molar-refractivity contribution is 0.0691. The van der Waals surface area contributed by atoms with E-state index in [2.05, 4.69) is 0 Å². The van der Waals surface area contributed by atoms with E-state index in [1.54, 1.807) is 0 Å². The van der Waals surface area contributed by atoms with Gasteiger partial charge in [-0.3, -0.25) is 0 Å². The highest BCUT2D eigenvalue weighted by Crippen LogP contribution is 2.24. The fourth-order valence-corrected chi connectivity index (χ4v) is 3.00. The molecule has 0 amide bonds. The Bertz CT molecular complexity index is 600. The van der Waals surface area contributed by atoms with Gasteiger partial charge in [-0.1, -0.05) is 18.5 Å². The first-order valence-corrected chi connectivity index (χ1v) is 7.85. The zero-order valence-corrected chi connectivity index (χ0v) is 12.3. The second-order valence-corrected chi connectivity index (χ2v) is 6.52. The van der Waals surface area contributed by atoms with Gasteiger partial charge in [0.25, 0.3) is 0 Å². The molecule has 8 heteroatoms. The molecule has 0 bridgehead atoms. The molecule has 0 unspecified atom stereocenters. The molecule has 0 aromatic heterocycles. The first-order valence-electron chi connectivity index (χ1n) is 5.82. The molecule has 0 aliphatic rings. The van der Waals surface area contributed by atoms with Crippen molar-refractivity contribution in [2.45, 2.75) is 18.2 Å². The molecule has 0 aliphatic heterocycles. The van der Waals surface area contributed by atoms with Crippen LogP contribution >= 0.6 is 11.6 Å². The van der Waals surface area contributed by atoms with E-state index in [0.29, 0.717) is 6.61 Å². The Labute approximate surface area is 121 Å². The van der Waals surface area contributed by atoms with Gasteiger partial charge in [0.05, 0.1) is 17.9 Å². The summed E-state index contributed by atoms with van der Waals surface area (Å²) in [4.78, 5) is 10.1. The maximum absolute atomic E-state index is 13.9. The quantitative estimate of drug-likeness (QED) is 0.779. The van der Waals surface area contributed by atoms with Crippen molar-refractivity contribution >= 4 is 27.4 Å². The minimum absolute atomic E-state index is 0.0927. The molecule has 0 heterocycles. The summed E-state index contributed by atoms with van der Waals surface area (Å²) in [6.07, 6.45) is 0.731. The van der Waals surface area contributed by atoms with Crippen LogP contribution in [-0.4, -0.2) is 38.5 Å². The maximum Gasteiger partial charge on any atom is 0.338 e. The van der Waals surface area contributed by atoms with Crippen molar-refractivity contribution in [3.8, 4) is 0 Å². The zero-order chi connectivity index (χ0) is 15.3. The lowest BCUT2D eigenvalue weighted by Crippen LogP contribution is -2.16. The molecule has 0 spiro atoms. The van der Waals surface area contributed by atoms with Crippen molar-refractivity contribution in [2.75, 3.05) is 19.0 Å². The SMILES string of the molecule is CCCOCCS(=O)(=O)c1cc(Cl)cc(C(=O)O)c1F. The molecule has 0 atom stereocenters. The van der Waals surface area contributed by atoms with Crippen LogP contribution in [-0.2, 0) is 14.6 Å². The first-order chi connectivity index (χ1) is 9.29. The predicted octanol–water partition coefficient (Wildman–Crippen LogP) is 2.38. The number of rotatable bonds is 7. The van der Waals surface area contributed by atoms with Gasteiger partial charge in [-0.05, 0) is 18.6 Å². The summed E-state index contributed by atoms with van der Waals surface area (Å²) in [6.45, 7) is 2.17. The highest BCUT2D eigenvalue weighted by atomic mass is 35.5. The highest BCUT2D eigenvalue weighted by Gasteiger charge is 2.25. The van der Waals surface area contributed by atoms with Crippen molar-refractivity contribution in [2.24, 2.45) is 0 Å². The van der Waals surface area contributed by atoms with Gasteiger partial charge in [0, 0.05) is 11.6 Å². The molecule has 1 rings (SSSR count). The number of halogens is 2. The lowest BCUT2D eigenvalue weighted by Gasteiger charge is -2.08. The maximum atomic E-state index is 13.9. The second-order valence-electron chi connectivity index (χ2n) is 4.00. The van der Waals surface area contributed by atoms with Crippen LogP contribution in [0.4, 0.5) is 4.39 Å². The smallest absolute Gasteiger partial charge is 0.338 e. The molecule has 1 aromatic carbocycles. The molecule has 0 aliphatic carbocycles. The van der Waals surface area contributed by atoms with Gasteiger partial charge >= 0.3 is 5.97 Å². The van der Waals surface area contributed by atoms with Gasteiger partial charge in [0.15, 0.2) is 15.7 Å². The number of hydrogen-bond donors (Lipinski definition) is 1. The molecule has 0 radical (unpaired) electrons. The van der Waals surface area contributed by atoms with Crippen LogP contribution in [0.1, 0.15) is 23.7 Å². The summed E-state index contributed by atoms with van der Waals surface area (Å²) in [5.74, 6) is -3.33. The molecule has 20 heavy (non-hydrogen) atoms. The standard InChI is InChI=1S/C12H14ClFO5S/c1-2-3-19-4-5-20(17,18)10-7-8(13)6-9(11(10)14)12(15)16/h6-7H,2-5H2,1H3,(H,15,16). The third-order valence-electron chi connectivity index (χ3n) is 2.41. The average molecular weight is 325 g/mol. The van der Waals surface area contributed by atoms with E-state index in [0.717, 1.165) is 18.6 Å². The monoisotopic (exact) mass is 324 g/mol. The number of ether oxygens (including phenoxy) is 1. The third-order valence-corrected chi connectivity index (χ3v) is 4.30. The van der Waals surface area contributed by atoms with Gasteiger partial charge in [0.1, 0.15) is 4.90 Å². The van der Waals surface area contributed by atoms with E-state index in [1.807, 2.05) is 6.92 Å². The van der Waals surface area contributed by atoms with Crippen LogP contribution in [0.25, 0.3) is 0 Å². The number of carboxylic acids is 1. The number of carbonyl (C=O) groups is 1. The van der Waals surface area contributed by atoms with Crippen LogP contribution in [0.2, 0.25) is 5.02 Å². The van der Waals surface area contributed by atoms with Crippen molar-refractivity contribution in [3.63, 3.8) is 0 Å². The summed E-state index contributed by atoms with van der Waals surface area (Å²) in [6, 6.07) is 1.77. The lowest BCUT2D eigenvalue weighted by atomic mass is 10.2. The summed E-state index contributed by atoms with van der Waals surface area (Å²) in [5.41, 5.74) is -0.773. The fourth-order valence-electron chi connectivity index (χ4n) is 1.47. The highest BCUT2D eigenvalue weighted by molar-refractivity contribution is 7.91. The second kappa shape index (κ2) is 7.01. The predicted molar refractivity (Wildman–Crippen MR) is 71.5 cm³/mol. The Morgan fingerprint density at radius 1 is 1.40 bits per heavy atom. The van der Waals surface area contributed by atoms with E-state index < -0.39 is 37.8 Å². The number of carboxylic acid groups (broad SMARTS) is 1. The van der Waals surface area contributed by atoms with Gasteiger partial charge in [-0.25, -0.2) is 17.6 Å². The normalized spacial score (nSPS) is 11.6. The van der Waals surface area contributed by atoms with E-state index >= 15 is 0 Å². The minimum atomic E-state index is -4.00. The topological polar surface area (TPSA) is 80.7 Å². The van der Waals surface area contributed by atoms with E-state index in [1.165, 1.54) is 0 Å². The van der Waals surface area contributed by atoms with Gasteiger partial charge in [-0.2, -0.15) is 0 Å². The number of sulfone groups is 1. The van der Waals surface area contributed by atoms with Crippen LogP contribution in [0.3, 0.4) is 0 Å². The molecule has 1 N–H and O–H groups in total. The summed E-state index contributed by atoms with van der Waals surface area (Å²) in [7, 11) is -4.00. The Balaban J connectivity index is 3.09.